The van der Waals surface area contributed by atoms with Crippen LogP contribution in [0.1, 0.15) is 0 Å². The van der Waals surface area contributed by atoms with Gasteiger partial charge in [-0.1, -0.05) is 30.3 Å². The van der Waals surface area contributed by atoms with Crippen LogP contribution in [0.3, 0.4) is 0 Å². The number of hydrogen-bond acceptors (Lipinski definition) is 5. The Balaban J connectivity index is 2.11. The number of fused-ring (bicyclic) bond motifs is 1. The fraction of sp³-hybridized carbons (Fsp3) is 0. The second kappa shape index (κ2) is 6.21. The molecule has 4 rings (SSSR count). The Hall–Kier alpha value is -3.87. The molecule has 2 aromatic carbocycles. The van der Waals surface area contributed by atoms with Crippen LogP contribution >= 0.6 is 0 Å². The van der Waals surface area contributed by atoms with Gasteiger partial charge in [0.05, 0.1) is 16.0 Å². The number of pyridine rings is 1. The molecule has 0 spiro atoms. The molecule has 26 heavy (non-hydrogen) atoms. The smallest absolute Gasteiger partial charge is 0.267 e. The first kappa shape index (κ1) is 15.6. The summed E-state index contributed by atoms with van der Waals surface area (Å²) in [7, 11) is 0. The third kappa shape index (κ3) is 2.51. The maximum atomic E-state index is 13.0. The number of rotatable bonds is 3. The van der Waals surface area contributed by atoms with Crippen LogP contribution in [0.5, 0.6) is 0 Å². The molecule has 7 nitrogen and oxygen atoms in total. The van der Waals surface area contributed by atoms with Gasteiger partial charge in [-0.25, -0.2) is 0 Å². The zero-order valence-electron chi connectivity index (χ0n) is 13.4. The summed E-state index contributed by atoms with van der Waals surface area (Å²) in [6.45, 7) is 0. The third-order valence-electron chi connectivity index (χ3n) is 4.07. The lowest BCUT2D eigenvalue weighted by Crippen LogP contribution is -2.23. The molecule has 0 radical (unpaired) electrons. The number of nitrogens with zero attached hydrogens (tertiary/aromatic N) is 4. The molecule has 2 heterocycles. The summed E-state index contributed by atoms with van der Waals surface area (Å²) in [5.74, 6) is 0. The fourth-order valence-corrected chi connectivity index (χ4v) is 2.87. The van der Waals surface area contributed by atoms with Crippen molar-refractivity contribution in [1.29, 1.82) is 0 Å². The first-order chi connectivity index (χ1) is 12.7. The standard InChI is InChI=1S/C19H12N4O3/c24-19-15-6-2-1-5-14(15)18(13-9-11-20-12-10-13)21-22(19)16-7-3-4-8-17(16)23(25)26/h1-12H. The topological polar surface area (TPSA) is 90.9 Å². The van der Waals surface area contributed by atoms with E-state index in [0.717, 1.165) is 10.2 Å². The highest BCUT2D eigenvalue weighted by Crippen LogP contribution is 2.26. The average molecular weight is 344 g/mol. The molecule has 0 aliphatic rings. The minimum Gasteiger partial charge on any atom is -0.267 e. The van der Waals surface area contributed by atoms with Crippen LogP contribution in [-0.2, 0) is 0 Å². The van der Waals surface area contributed by atoms with E-state index in [0.29, 0.717) is 16.5 Å². The second-order valence-corrected chi connectivity index (χ2v) is 5.59. The van der Waals surface area contributed by atoms with Gasteiger partial charge >= 0.3 is 0 Å². The predicted octanol–water partition coefficient (Wildman–Crippen LogP) is 3.36. The average Bonchev–Trinajstić information content (AvgIpc) is 2.69. The van der Waals surface area contributed by atoms with Crippen molar-refractivity contribution in [3.8, 4) is 16.9 Å². The maximum absolute atomic E-state index is 13.0. The van der Waals surface area contributed by atoms with Crippen molar-refractivity contribution in [2.75, 3.05) is 0 Å². The number of hydrogen-bond donors (Lipinski definition) is 0. The van der Waals surface area contributed by atoms with E-state index in [1.807, 2.05) is 12.1 Å². The van der Waals surface area contributed by atoms with Crippen LogP contribution in [0, 0.1) is 10.1 Å². The Morgan fingerprint density at radius 1 is 0.885 bits per heavy atom. The summed E-state index contributed by atoms with van der Waals surface area (Å²) in [6, 6.07) is 16.7. The van der Waals surface area contributed by atoms with Gasteiger partial charge in [-0.15, -0.1) is 0 Å². The highest BCUT2D eigenvalue weighted by Gasteiger charge is 2.19. The van der Waals surface area contributed by atoms with Gasteiger partial charge in [0.2, 0.25) is 0 Å². The Bertz CT molecular complexity index is 1190. The van der Waals surface area contributed by atoms with Crippen LogP contribution in [0.2, 0.25) is 0 Å². The first-order valence-corrected chi connectivity index (χ1v) is 7.83. The highest BCUT2D eigenvalue weighted by atomic mass is 16.6. The Morgan fingerprint density at radius 3 is 2.27 bits per heavy atom. The molecule has 0 N–H and O–H groups in total. The van der Waals surface area contributed by atoms with Crippen molar-refractivity contribution in [2.45, 2.75) is 0 Å². The second-order valence-electron chi connectivity index (χ2n) is 5.59. The van der Waals surface area contributed by atoms with Crippen LogP contribution < -0.4 is 5.56 Å². The molecule has 0 amide bonds. The molecule has 0 unspecified atom stereocenters. The molecule has 0 aliphatic heterocycles. The number of aromatic nitrogens is 3. The Morgan fingerprint density at radius 2 is 1.54 bits per heavy atom. The van der Waals surface area contributed by atoms with Crippen molar-refractivity contribution in [3.63, 3.8) is 0 Å². The zero-order chi connectivity index (χ0) is 18.1. The van der Waals surface area contributed by atoms with Gasteiger partial charge in [0.1, 0.15) is 5.69 Å². The van der Waals surface area contributed by atoms with Gasteiger partial charge in [0.15, 0.2) is 0 Å². The van der Waals surface area contributed by atoms with Crippen LogP contribution in [-0.4, -0.2) is 19.7 Å². The van der Waals surface area contributed by atoms with E-state index < -0.39 is 10.5 Å². The van der Waals surface area contributed by atoms with Crippen LogP contribution in [0.25, 0.3) is 27.7 Å². The summed E-state index contributed by atoms with van der Waals surface area (Å²) < 4.78 is 1.09. The van der Waals surface area contributed by atoms with Gasteiger partial charge in [-0.05, 0) is 24.3 Å². The first-order valence-electron chi connectivity index (χ1n) is 7.83. The summed E-state index contributed by atoms with van der Waals surface area (Å²) in [6.07, 6.45) is 3.26. The minimum absolute atomic E-state index is 0.128. The minimum atomic E-state index is -0.523. The van der Waals surface area contributed by atoms with Crippen molar-refractivity contribution >= 4 is 16.5 Å². The molecule has 126 valence electrons. The monoisotopic (exact) mass is 344 g/mol. The van der Waals surface area contributed by atoms with E-state index >= 15 is 0 Å². The lowest BCUT2D eigenvalue weighted by Gasteiger charge is -2.11. The van der Waals surface area contributed by atoms with Gasteiger partial charge in [-0.2, -0.15) is 9.78 Å². The molecule has 2 aromatic heterocycles. The maximum Gasteiger partial charge on any atom is 0.295 e. The number of para-hydroxylation sites is 2. The lowest BCUT2D eigenvalue weighted by molar-refractivity contribution is -0.384. The van der Waals surface area contributed by atoms with Crippen molar-refractivity contribution in [2.24, 2.45) is 0 Å². The number of nitro benzene ring substituents is 1. The number of nitro groups is 1. The molecule has 0 bridgehead atoms. The van der Waals surface area contributed by atoms with Crippen LogP contribution in [0.15, 0.2) is 77.9 Å². The van der Waals surface area contributed by atoms with E-state index in [1.165, 1.54) is 12.1 Å². The zero-order valence-corrected chi connectivity index (χ0v) is 13.4. The van der Waals surface area contributed by atoms with Crippen molar-refractivity contribution in [1.82, 2.24) is 14.8 Å². The quantitative estimate of drug-likeness (QED) is 0.420. The predicted molar refractivity (Wildman–Crippen MR) is 97.2 cm³/mol. The SMILES string of the molecule is O=c1c2ccccc2c(-c2ccncc2)nn1-c1ccccc1[N+](=O)[O-]. The lowest BCUT2D eigenvalue weighted by atomic mass is 10.1. The van der Waals surface area contributed by atoms with E-state index in [1.54, 1.807) is 48.8 Å². The summed E-state index contributed by atoms with van der Waals surface area (Å²) >= 11 is 0. The van der Waals surface area contributed by atoms with Gasteiger partial charge < -0.3 is 0 Å². The van der Waals surface area contributed by atoms with Crippen LogP contribution in [0.4, 0.5) is 5.69 Å². The largest absolute Gasteiger partial charge is 0.295 e. The highest BCUT2D eigenvalue weighted by molar-refractivity contribution is 5.93. The molecule has 0 fully saturated rings. The summed E-state index contributed by atoms with van der Waals surface area (Å²) in [5, 5.41) is 17.0. The number of benzene rings is 2. The summed E-state index contributed by atoms with van der Waals surface area (Å²) in [4.78, 5) is 27.8. The van der Waals surface area contributed by atoms with E-state index in [9.17, 15) is 14.9 Å². The van der Waals surface area contributed by atoms with Crippen molar-refractivity contribution < 1.29 is 4.92 Å². The van der Waals surface area contributed by atoms with Gasteiger partial charge in [-0.3, -0.25) is 19.9 Å². The molecule has 7 heteroatoms. The molecule has 4 aromatic rings. The third-order valence-corrected chi connectivity index (χ3v) is 4.07. The molecule has 0 saturated carbocycles. The fourth-order valence-electron chi connectivity index (χ4n) is 2.87. The summed E-state index contributed by atoms with van der Waals surface area (Å²) in [5.41, 5.74) is 0.860. The van der Waals surface area contributed by atoms with E-state index in [-0.39, 0.29) is 11.4 Å². The molecule has 0 atom stereocenters. The molecule has 0 aliphatic carbocycles. The van der Waals surface area contributed by atoms with Gasteiger partial charge in [0, 0.05) is 29.4 Å². The molecule has 0 saturated heterocycles. The van der Waals surface area contributed by atoms with E-state index in [4.69, 9.17) is 0 Å². The molecular formula is C19H12N4O3. The Kier molecular flexibility index (Phi) is 3.74. The Labute approximate surface area is 147 Å². The molecular weight excluding hydrogens is 332 g/mol. The normalized spacial score (nSPS) is 10.8. The van der Waals surface area contributed by atoms with E-state index in [2.05, 4.69) is 10.1 Å². The van der Waals surface area contributed by atoms with Crippen molar-refractivity contribution in [3.05, 3.63) is 93.5 Å². The van der Waals surface area contributed by atoms with Gasteiger partial charge in [0.25, 0.3) is 11.2 Å².